The van der Waals surface area contributed by atoms with Crippen molar-refractivity contribution in [2.45, 2.75) is 0 Å². The lowest BCUT2D eigenvalue weighted by molar-refractivity contribution is 1.16. The van der Waals surface area contributed by atoms with E-state index < -0.39 is 0 Å². The minimum atomic E-state index is 0.239. The van der Waals surface area contributed by atoms with E-state index in [-0.39, 0.29) is 5.28 Å². The monoisotopic (exact) mass is 431 g/mol. The molecule has 0 fully saturated rings. The van der Waals surface area contributed by atoms with E-state index in [4.69, 9.17) is 11.6 Å². The van der Waals surface area contributed by atoms with E-state index in [1.54, 1.807) is 0 Å². The Kier molecular flexibility index (Phi) is 4.48. The van der Waals surface area contributed by atoms with Crippen LogP contribution >= 0.6 is 11.6 Å². The third-order valence-electron chi connectivity index (χ3n) is 5.75. The first-order chi connectivity index (χ1) is 15.8. The van der Waals surface area contributed by atoms with Crippen LogP contribution < -0.4 is 0 Å². The van der Waals surface area contributed by atoms with Crippen molar-refractivity contribution in [2.24, 2.45) is 0 Å². The first-order valence-electron chi connectivity index (χ1n) is 10.5. The van der Waals surface area contributed by atoms with Crippen LogP contribution in [0.4, 0.5) is 0 Å². The van der Waals surface area contributed by atoms with Crippen LogP contribution in [0.2, 0.25) is 5.28 Å². The maximum absolute atomic E-state index is 6.32. The van der Waals surface area contributed by atoms with Gasteiger partial charge in [0, 0.05) is 27.6 Å². The molecule has 4 heteroatoms. The summed E-state index contributed by atoms with van der Waals surface area (Å²) in [5.74, 6) is 0. The highest BCUT2D eigenvalue weighted by Gasteiger charge is 2.13. The van der Waals surface area contributed by atoms with Crippen molar-refractivity contribution in [1.29, 1.82) is 0 Å². The summed E-state index contributed by atoms with van der Waals surface area (Å²) in [6.07, 6.45) is 0. The summed E-state index contributed by atoms with van der Waals surface area (Å²) in [5.41, 5.74) is 7.04. The minimum absolute atomic E-state index is 0.239. The largest absolute Gasteiger partial charge is 0.309 e. The van der Waals surface area contributed by atoms with E-state index in [1.807, 2.05) is 36.4 Å². The molecule has 4 aromatic carbocycles. The molecule has 0 spiro atoms. The molecule has 0 atom stereocenters. The van der Waals surface area contributed by atoms with Gasteiger partial charge in [-0.05, 0) is 41.9 Å². The number of nitrogens with zero attached hydrogens (tertiary/aromatic N) is 3. The Labute approximate surface area is 190 Å². The maximum atomic E-state index is 6.32. The molecule has 0 bridgehead atoms. The summed E-state index contributed by atoms with van der Waals surface area (Å²) in [7, 11) is 0. The fourth-order valence-electron chi connectivity index (χ4n) is 4.33. The second-order valence-corrected chi connectivity index (χ2v) is 8.03. The van der Waals surface area contributed by atoms with Gasteiger partial charge in [-0.15, -0.1) is 0 Å². The smallest absolute Gasteiger partial charge is 0.223 e. The van der Waals surface area contributed by atoms with Crippen LogP contribution in [0.25, 0.3) is 50.0 Å². The number of para-hydroxylation sites is 2. The summed E-state index contributed by atoms with van der Waals surface area (Å²) >= 11 is 6.32. The SMILES string of the molecule is Clc1nc(-c2ccccc2)cc(-c2cccc(-n3c4ccccc4c4ccccc43)c2)n1. The van der Waals surface area contributed by atoms with E-state index in [2.05, 4.69) is 87.3 Å². The van der Waals surface area contributed by atoms with Crippen LogP contribution in [0.15, 0.2) is 109 Å². The van der Waals surface area contributed by atoms with E-state index >= 15 is 0 Å². The van der Waals surface area contributed by atoms with Crippen molar-refractivity contribution >= 4 is 33.4 Å². The zero-order valence-electron chi connectivity index (χ0n) is 17.1. The van der Waals surface area contributed by atoms with Crippen LogP contribution in [-0.4, -0.2) is 14.5 Å². The standard InChI is InChI=1S/C28H18ClN3/c29-28-30-24(19-9-2-1-3-10-19)18-25(31-28)20-11-8-12-21(17-20)32-26-15-6-4-13-22(26)23-14-5-7-16-27(23)32/h1-18H. The Morgan fingerprint density at radius 1 is 0.531 bits per heavy atom. The number of rotatable bonds is 3. The quantitative estimate of drug-likeness (QED) is 0.270. The zero-order valence-corrected chi connectivity index (χ0v) is 17.9. The van der Waals surface area contributed by atoms with Crippen LogP contribution in [0.1, 0.15) is 0 Å². The van der Waals surface area contributed by atoms with E-state index in [9.17, 15) is 0 Å². The molecule has 152 valence electrons. The van der Waals surface area contributed by atoms with Crippen LogP contribution in [-0.2, 0) is 0 Å². The number of hydrogen-bond acceptors (Lipinski definition) is 2. The molecule has 0 N–H and O–H groups in total. The second kappa shape index (κ2) is 7.63. The lowest BCUT2D eigenvalue weighted by Crippen LogP contribution is -1.96. The predicted molar refractivity (Wildman–Crippen MR) is 132 cm³/mol. The van der Waals surface area contributed by atoms with Gasteiger partial charge in [-0.25, -0.2) is 9.97 Å². The molecule has 0 amide bonds. The molecule has 0 aliphatic carbocycles. The molecule has 3 nitrogen and oxygen atoms in total. The first-order valence-corrected chi connectivity index (χ1v) is 10.8. The van der Waals surface area contributed by atoms with Gasteiger partial charge in [-0.1, -0.05) is 78.9 Å². The highest BCUT2D eigenvalue weighted by atomic mass is 35.5. The molecule has 0 aliphatic rings. The summed E-state index contributed by atoms with van der Waals surface area (Å²) in [5, 5.41) is 2.72. The van der Waals surface area contributed by atoms with Crippen molar-refractivity contribution in [3.63, 3.8) is 0 Å². The van der Waals surface area contributed by atoms with Gasteiger partial charge in [0.05, 0.1) is 22.4 Å². The minimum Gasteiger partial charge on any atom is -0.309 e. The van der Waals surface area contributed by atoms with Gasteiger partial charge in [0.2, 0.25) is 5.28 Å². The molecule has 0 saturated heterocycles. The highest BCUT2D eigenvalue weighted by molar-refractivity contribution is 6.28. The number of fused-ring (bicyclic) bond motifs is 3. The second-order valence-electron chi connectivity index (χ2n) is 7.69. The van der Waals surface area contributed by atoms with E-state index in [0.717, 1.165) is 28.2 Å². The lowest BCUT2D eigenvalue weighted by Gasteiger charge is -2.11. The number of aromatic nitrogens is 3. The van der Waals surface area contributed by atoms with Crippen molar-refractivity contribution in [3.8, 4) is 28.2 Å². The predicted octanol–water partition coefficient (Wildman–Crippen LogP) is 7.56. The molecule has 0 radical (unpaired) electrons. The Morgan fingerprint density at radius 2 is 1.09 bits per heavy atom. The van der Waals surface area contributed by atoms with Gasteiger partial charge >= 0.3 is 0 Å². The average Bonchev–Trinajstić information content (AvgIpc) is 3.19. The van der Waals surface area contributed by atoms with Gasteiger partial charge < -0.3 is 4.57 Å². The zero-order chi connectivity index (χ0) is 21.5. The van der Waals surface area contributed by atoms with Crippen LogP contribution in [0.3, 0.4) is 0 Å². The Bertz CT molecular complexity index is 1530. The molecule has 0 aliphatic heterocycles. The van der Waals surface area contributed by atoms with E-state index in [0.29, 0.717) is 0 Å². The van der Waals surface area contributed by atoms with Crippen molar-refractivity contribution in [2.75, 3.05) is 0 Å². The molecule has 2 aromatic heterocycles. The molecular weight excluding hydrogens is 414 g/mol. The molecule has 6 rings (SSSR count). The topological polar surface area (TPSA) is 30.7 Å². The Hall–Kier alpha value is -3.95. The Morgan fingerprint density at radius 3 is 1.78 bits per heavy atom. The van der Waals surface area contributed by atoms with Crippen molar-refractivity contribution in [3.05, 3.63) is 114 Å². The molecule has 0 saturated carbocycles. The lowest BCUT2D eigenvalue weighted by atomic mass is 10.1. The van der Waals surface area contributed by atoms with E-state index in [1.165, 1.54) is 21.8 Å². The van der Waals surface area contributed by atoms with Gasteiger partial charge in [0.15, 0.2) is 0 Å². The number of halogens is 1. The van der Waals surface area contributed by atoms with Gasteiger partial charge in [0.1, 0.15) is 0 Å². The molecule has 32 heavy (non-hydrogen) atoms. The number of benzene rings is 4. The third kappa shape index (κ3) is 3.15. The van der Waals surface area contributed by atoms with Crippen molar-refractivity contribution < 1.29 is 0 Å². The summed E-state index contributed by atoms with van der Waals surface area (Å²) in [6, 6.07) is 37.4. The molecule has 6 aromatic rings. The van der Waals surface area contributed by atoms with Crippen molar-refractivity contribution in [1.82, 2.24) is 14.5 Å². The van der Waals surface area contributed by atoms with Crippen LogP contribution in [0.5, 0.6) is 0 Å². The van der Waals surface area contributed by atoms with Gasteiger partial charge in [0.25, 0.3) is 0 Å². The summed E-state index contributed by atoms with van der Waals surface area (Å²) < 4.78 is 2.30. The van der Waals surface area contributed by atoms with Crippen LogP contribution in [0, 0.1) is 0 Å². The Balaban J connectivity index is 1.54. The average molecular weight is 432 g/mol. The fraction of sp³-hybridized carbons (Fsp3) is 0. The fourth-order valence-corrected chi connectivity index (χ4v) is 4.51. The number of hydrogen-bond donors (Lipinski definition) is 0. The van der Waals surface area contributed by atoms with Gasteiger partial charge in [-0.3, -0.25) is 0 Å². The summed E-state index contributed by atoms with van der Waals surface area (Å²) in [6.45, 7) is 0. The first kappa shape index (κ1) is 18.8. The molecular formula is C28H18ClN3. The highest BCUT2D eigenvalue weighted by Crippen LogP contribution is 2.33. The molecule has 0 unspecified atom stereocenters. The van der Waals surface area contributed by atoms with Gasteiger partial charge in [-0.2, -0.15) is 0 Å². The summed E-state index contributed by atoms with van der Waals surface area (Å²) in [4.78, 5) is 8.95. The normalized spacial score (nSPS) is 11.3. The molecule has 2 heterocycles. The third-order valence-corrected chi connectivity index (χ3v) is 5.92. The maximum Gasteiger partial charge on any atom is 0.223 e.